The first kappa shape index (κ1) is 20.8. The van der Waals surface area contributed by atoms with Crippen molar-refractivity contribution in [2.45, 2.75) is 18.8 Å². The Balaban J connectivity index is 1.25. The van der Waals surface area contributed by atoms with Gasteiger partial charge in [0.2, 0.25) is 5.91 Å². The van der Waals surface area contributed by atoms with E-state index < -0.39 is 0 Å². The first-order chi connectivity index (χ1) is 15.1. The summed E-state index contributed by atoms with van der Waals surface area (Å²) in [5.41, 5.74) is 2.36. The minimum atomic E-state index is -0.306. The smallest absolute Gasteiger partial charge is 0.258 e. The first-order valence-corrected chi connectivity index (χ1v) is 10.5. The number of methoxy groups -OCH3 is 1. The lowest BCUT2D eigenvalue weighted by Crippen LogP contribution is -2.44. The number of hydrogen-bond donors (Lipinski definition) is 2. The maximum Gasteiger partial charge on any atom is 0.258 e. The van der Waals surface area contributed by atoms with Gasteiger partial charge in [0.05, 0.1) is 13.7 Å². The highest BCUT2D eigenvalue weighted by atomic mass is 16.5. The summed E-state index contributed by atoms with van der Waals surface area (Å²) in [4.78, 5) is 29.6. The van der Waals surface area contributed by atoms with Crippen molar-refractivity contribution in [1.82, 2.24) is 15.2 Å². The highest BCUT2D eigenvalue weighted by Gasteiger charge is 2.25. The molecule has 162 valence electrons. The molecular weight excluding hydrogens is 394 g/mol. The van der Waals surface area contributed by atoms with E-state index in [1.54, 1.807) is 19.2 Å². The van der Waals surface area contributed by atoms with Gasteiger partial charge in [0.25, 0.3) is 5.91 Å². The number of aromatic nitrogens is 1. The number of benzene rings is 2. The number of aromatic amines is 1. The Labute approximate surface area is 181 Å². The molecule has 4 rings (SSSR count). The standard InChI is InChI=1S/C24H27N3O4/c1-30-19-7-8-22-20(13-19)21(14-25-22)17-9-11-27(12-10-17)24(29)15-26-23(28)16-31-18-5-3-2-4-6-18/h2-8,13-14,17,25H,9-12,15-16H2,1H3,(H,26,28). The Morgan fingerprint density at radius 3 is 2.61 bits per heavy atom. The van der Waals surface area contributed by atoms with Gasteiger partial charge in [-0.15, -0.1) is 0 Å². The Morgan fingerprint density at radius 2 is 1.87 bits per heavy atom. The topological polar surface area (TPSA) is 83.7 Å². The number of piperidine rings is 1. The molecule has 1 aliphatic heterocycles. The van der Waals surface area contributed by atoms with Crippen molar-refractivity contribution < 1.29 is 19.1 Å². The van der Waals surface area contributed by atoms with Crippen LogP contribution in [0.1, 0.15) is 24.3 Å². The predicted octanol–water partition coefficient (Wildman–Crippen LogP) is 3.08. The summed E-state index contributed by atoms with van der Waals surface area (Å²) in [5, 5.41) is 3.83. The van der Waals surface area contributed by atoms with Gasteiger partial charge >= 0.3 is 0 Å². The van der Waals surface area contributed by atoms with Crippen LogP contribution in [0.4, 0.5) is 0 Å². The number of amides is 2. The molecule has 0 atom stereocenters. The fourth-order valence-electron chi connectivity index (χ4n) is 4.03. The molecule has 7 heteroatoms. The molecule has 1 aliphatic rings. The summed E-state index contributed by atoms with van der Waals surface area (Å²) in [5.74, 6) is 1.49. The predicted molar refractivity (Wildman–Crippen MR) is 118 cm³/mol. The average molecular weight is 421 g/mol. The molecule has 7 nitrogen and oxygen atoms in total. The van der Waals surface area contributed by atoms with E-state index in [-0.39, 0.29) is 25.0 Å². The minimum absolute atomic E-state index is 0.00800. The molecule has 0 aliphatic carbocycles. The second-order valence-corrected chi connectivity index (χ2v) is 7.69. The van der Waals surface area contributed by atoms with Gasteiger partial charge in [-0.25, -0.2) is 0 Å². The van der Waals surface area contributed by atoms with Crippen molar-refractivity contribution >= 4 is 22.7 Å². The number of fused-ring (bicyclic) bond motifs is 1. The summed E-state index contributed by atoms with van der Waals surface area (Å²) in [6.07, 6.45) is 3.85. The van der Waals surface area contributed by atoms with Crippen molar-refractivity contribution in [3.05, 3.63) is 60.3 Å². The molecular formula is C24H27N3O4. The molecule has 0 saturated carbocycles. The van der Waals surface area contributed by atoms with Crippen molar-refractivity contribution in [2.24, 2.45) is 0 Å². The van der Waals surface area contributed by atoms with Gasteiger partial charge in [0.15, 0.2) is 6.61 Å². The molecule has 0 spiro atoms. The Morgan fingerprint density at radius 1 is 1.10 bits per heavy atom. The number of hydrogen-bond acceptors (Lipinski definition) is 4. The molecule has 0 bridgehead atoms. The van der Waals surface area contributed by atoms with Gasteiger partial charge in [-0.3, -0.25) is 9.59 Å². The van der Waals surface area contributed by atoms with Crippen LogP contribution in [-0.2, 0) is 9.59 Å². The van der Waals surface area contributed by atoms with Crippen LogP contribution in [0.2, 0.25) is 0 Å². The SMILES string of the molecule is COc1ccc2[nH]cc(C3CCN(C(=O)CNC(=O)COc4ccccc4)CC3)c2c1. The molecule has 1 saturated heterocycles. The first-order valence-electron chi connectivity index (χ1n) is 10.5. The number of H-pyrrole nitrogens is 1. The molecule has 2 heterocycles. The van der Waals surface area contributed by atoms with Crippen LogP contribution in [0, 0.1) is 0 Å². The maximum atomic E-state index is 12.5. The molecule has 2 amide bonds. The van der Waals surface area contributed by atoms with E-state index in [2.05, 4.69) is 22.6 Å². The number of carbonyl (C=O) groups excluding carboxylic acids is 2. The van der Waals surface area contributed by atoms with Crippen LogP contribution >= 0.6 is 0 Å². The molecule has 31 heavy (non-hydrogen) atoms. The second kappa shape index (κ2) is 9.55. The zero-order valence-corrected chi connectivity index (χ0v) is 17.6. The van der Waals surface area contributed by atoms with Crippen LogP contribution < -0.4 is 14.8 Å². The summed E-state index contributed by atoms with van der Waals surface area (Å²) >= 11 is 0. The van der Waals surface area contributed by atoms with Crippen LogP contribution in [0.15, 0.2) is 54.7 Å². The molecule has 1 aromatic heterocycles. The van der Waals surface area contributed by atoms with Crippen molar-refractivity contribution in [3.63, 3.8) is 0 Å². The lowest BCUT2D eigenvalue weighted by Gasteiger charge is -2.32. The van der Waals surface area contributed by atoms with Crippen molar-refractivity contribution in [3.8, 4) is 11.5 Å². The Hall–Kier alpha value is -3.48. The molecule has 0 radical (unpaired) electrons. The summed E-state index contributed by atoms with van der Waals surface area (Å²) in [7, 11) is 1.67. The zero-order valence-electron chi connectivity index (χ0n) is 17.6. The number of nitrogens with zero attached hydrogens (tertiary/aromatic N) is 1. The van der Waals surface area contributed by atoms with Gasteiger partial charge in [0, 0.05) is 30.2 Å². The molecule has 0 unspecified atom stereocenters. The van der Waals surface area contributed by atoms with E-state index in [0.29, 0.717) is 24.8 Å². The lowest BCUT2D eigenvalue weighted by molar-refractivity contribution is -0.134. The Bertz CT molecular complexity index is 1040. The third kappa shape index (κ3) is 4.99. The highest BCUT2D eigenvalue weighted by Crippen LogP contribution is 2.34. The maximum absolute atomic E-state index is 12.5. The van der Waals surface area contributed by atoms with E-state index in [4.69, 9.17) is 9.47 Å². The molecule has 1 fully saturated rings. The van der Waals surface area contributed by atoms with Crippen LogP contribution in [-0.4, -0.2) is 55.0 Å². The monoisotopic (exact) mass is 421 g/mol. The number of nitrogens with one attached hydrogen (secondary N) is 2. The van der Waals surface area contributed by atoms with Crippen LogP contribution in [0.5, 0.6) is 11.5 Å². The number of para-hydroxylation sites is 1. The summed E-state index contributed by atoms with van der Waals surface area (Å²) in [6.45, 7) is 1.24. The van der Waals surface area contributed by atoms with E-state index in [1.165, 1.54) is 10.9 Å². The van der Waals surface area contributed by atoms with E-state index >= 15 is 0 Å². The van der Waals surface area contributed by atoms with Gasteiger partial charge in [0.1, 0.15) is 11.5 Å². The highest BCUT2D eigenvalue weighted by molar-refractivity contribution is 5.86. The van der Waals surface area contributed by atoms with Crippen molar-refractivity contribution in [1.29, 1.82) is 0 Å². The Kier molecular flexibility index (Phi) is 6.40. The largest absolute Gasteiger partial charge is 0.497 e. The van der Waals surface area contributed by atoms with Gasteiger partial charge < -0.3 is 24.7 Å². The minimum Gasteiger partial charge on any atom is -0.497 e. The fourth-order valence-corrected chi connectivity index (χ4v) is 4.03. The lowest BCUT2D eigenvalue weighted by atomic mass is 9.89. The quantitative estimate of drug-likeness (QED) is 0.614. The van der Waals surface area contributed by atoms with E-state index in [1.807, 2.05) is 35.2 Å². The van der Waals surface area contributed by atoms with Crippen LogP contribution in [0.25, 0.3) is 10.9 Å². The van der Waals surface area contributed by atoms with E-state index in [9.17, 15) is 9.59 Å². The third-order valence-electron chi connectivity index (χ3n) is 5.76. The molecule has 3 aromatic rings. The number of carbonyl (C=O) groups is 2. The fraction of sp³-hybridized carbons (Fsp3) is 0.333. The number of rotatable bonds is 7. The number of ether oxygens (including phenoxy) is 2. The third-order valence-corrected chi connectivity index (χ3v) is 5.76. The summed E-state index contributed by atoms with van der Waals surface area (Å²) in [6, 6.07) is 15.2. The molecule has 2 aromatic carbocycles. The zero-order chi connectivity index (χ0) is 21.6. The normalized spacial score (nSPS) is 14.4. The van der Waals surface area contributed by atoms with Gasteiger partial charge in [-0.1, -0.05) is 18.2 Å². The van der Waals surface area contributed by atoms with Gasteiger partial charge in [-0.2, -0.15) is 0 Å². The van der Waals surface area contributed by atoms with Crippen molar-refractivity contribution in [2.75, 3.05) is 33.4 Å². The number of likely N-dealkylation sites (tertiary alicyclic amines) is 1. The second-order valence-electron chi connectivity index (χ2n) is 7.69. The summed E-state index contributed by atoms with van der Waals surface area (Å²) < 4.78 is 10.8. The van der Waals surface area contributed by atoms with Crippen LogP contribution in [0.3, 0.4) is 0 Å². The van der Waals surface area contributed by atoms with E-state index in [0.717, 1.165) is 24.1 Å². The average Bonchev–Trinajstić information content (AvgIpc) is 3.25. The van der Waals surface area contributed by atoms with Gasteiger partial charge in [-0.05, 0) is 54.7 Å². The molecule has 2 N–H and O–H groups in total.